The number of nitrogens with zero attached hydrogens (tertiary/aromatic N) is 3. The number of rotatable bonds is 17. The van der Waals surface area contributed by atoms with Gasteiger partial charge in [-0.05, 0) is 0 Å². The van der Waals surface area contributed by atoms with Crippen molar-refractivity contribution in [1.29, 1.82) is 0 Å². The fourth-order valence-electron chi connectivity index (χ4n) is 20.5. The van der Waals surface area contributed by atoms with Gasteiger partial charge in [-0.3, -0.25) is 0 Å². The normalized spacial score (nSPS) is 54.0. The van der Waals surface area contributed by atoms with Crippen molar-refractivity contribution >= 4 is 0 Å². The van der Waals surface area contributed by atoms with E-state index in [0.717, 1.165) is 6.20 Å². The number of ether oxygens (including phenoxy) is 27. The van der Waals surface area contributed by atoms with Crippen molar-refractivity contribution < 1.29 is 317 Å². The lowest BCUT2D eigenvalue weighted by Gasteiger charge is -2.51. The fourth-order valence-corrected chi connectivity index (χ4v) is 20.5. The summed E-state index contributed by atoms with van der Waals surface area (Å²) in [6.45, 7) is -16.7. The topological polar surface area (TPSA) is 1030 Å². The molecular formula is C81H131N3O64. The molecule has 0 saturated carbocycles. The molecule has 67 nitrogen and oxygen atoms in total. The molecule has 0 aliphatic carbocycles. The highest BCUT2D eigenvalue weighted by molar-refractivity contribution is 5.08. The maximum atomic E-state index is 12.9. The standard InChI is InChI=1S/C81H131N3O64/c85-2-17-55-30(31(98)69(123-17)137-56-18(3-86)125-71(44(111)33(56)100)139-58-20(5-88)127-73(46(113)35(58)102)141-60-22(7-90)128-74(47(114)36(60)103)140-59-21(6-89)126-72(45(112)34(59)101)138-57-19(4-87)124-70(136-55)43(110)32(57)99)84-1-16(82-83-84)15-122-68-54(121)67-29(14-97)135-81(68)148-66-28(13-96)134-79(53(120)42(66)109)146-64-26(11-94)132-77(51(118)40(64)107)144-62-24(9-92)130-75(49(116)38(62)105)142-61-23(8-91)129-76(48(115)37(61)104)143-63-25(10-93)131-78(50(117)39(63)106)145-65-27(12-95)133-80(147-67)52(119)41(65)108/h1,17-81,85-121H,2-15H2/t17-,18-,19-,20-,21-,22-,23-,24-,25-,26-,27-,28-,29-,30-,31-,32-,33-,34-,35-,36-,37-,38-,39-,40-,41-,42-,43-,44-,45-,46-,47-,48-,49-,50-,51-,52-,53-,54+,55-,56-,57-,58-,59-,60-,61-,62-,63-,64-,65-,66-,67-,68-,69-,70-,71-,72-,73-,74-,75-,76-,77-,78-,79-,80-,81-/m1/s1. The van der Waals surface area contributed by atoms with E-state index in [1.54, 1.807) is 0 Å². The van der Waals surface area contributed by atoms with E-state index >= 15 is 0 Å². The van der Waals surface area contributed by atoms with Crippen LogP contribution in [0.3, 0.4) is 0 Å². The Hall–Kier alpha value is -3.42. The van der Waals surface area contributed by atoms with Crippen molar-refractivity contribution in [2.45, 2.75) is 406 Å². The Morgan fingerprint density at radius 3 is 0.493 bits per heavy atom. The van der Waals surface area contributed by atoms with Gasteiger partial charge in [0, 0.05) is 0 Å². The summed E-state index contributed by atoms with van der Waals surface area (Å²) < 4.78 is 161. The van der Waals surface area contributed by atoms with Crippen LogP contribution in [0.2, 0.25) is 0 Å². The Labute approximate surface area is 832 Å². The summed E-state index contributed by atoms with van der Waals surface area (Å²) in [5, 5.41) is 434. The van der Waals surface area contributed by atoms with Gasteiger partial charge in [0.05, 0.1) is 98.7 Å². The van der Waals surface area contributed by atoms with E-state index in [-0.39, 0.29) is 0 Å². The number of aromatic nitrogens is 3. The summed E-state index contributed by atoms with van der Waals surface area (Å²) in [6, 6.07) is -2.11. The lowest BCUT2D eigenvalue weighted by molar-refractivity contribution is -0.402. The first-order valence-electron chi connectivity index (χ1n) is 47.5. The molecule has 67 heteroatoms. The SMILES string of the molecule is OC[C@H]1O[C@@H]2O[C@H]3[C@H](O)[C@@H](O)[C@@H](O[C@H]4[C@H](O)[C@@H](O)[C@@H](O[C@H]5[C@H](O)[C@@H](OCc6cn([C@@H]7[C@@H](O)[C@H]8O[C@H]9[C@H](O)[C@@H](O)[C@@H](O[C@H]%10[C@H](O)[C@@H](O)[C@@H](O[C@H]%11[C@H](O)[C@@H](O)[C@@H](O[C@H]%12[C@H](O)[C@@H](O)[C@@H](O[C@H]%13[C@H](O)[C@@H](O)[C@@H](O[C@@H]7[C@@H](CO)O8)O[C@@H]%13CO)O[C@@H]%12CO)O[C@@H]%11CO)O[C@@H]%10CO)O[C@@H]9CO)nn6)[C@@H](O[C@H]6[C@H](O)[C@@H](O)[C@@H](O[C@H]7[C@H](O)[C@@H](O)[C@@H](O[C@H]8[C@H](O)[C@@H](O)[C@@H](O[C@H]1[C@H](O)[C@H]2O)O[C@@H]8CO)O[C@@H]7CO)O[C@@H]6CO)O[C@@H]5CO)O[C@@H]4CO)O[C@@H]3CO. The summed E-state index contributed by atoms with van der Waals surface area (Å²) in [7, 11) is 0. The third kappa shape index (κ3) is 23.0. The van der Waals surface area contributed by atoms with Crippen LogP contribution >= 0.6 is 0 Å². The van der Waals surface area contributed by atoms with E-state index < -0.39 is 497 Å². The molecule has 854 valence electrons. The Kier molecular flexibility index (Phi) is 39.6. The Bertz CT molecular complexity index is 4200. The van der Waals surface area contributed by atoms with Gasteiger partial charge < -0.3 is 317 Å². The molecule has 43 fully saturated rings. The summed E-state index contributed by atoms with van der Waals surface area (Å²) in [4.78, 5) is 0. The van der Waals surface area contributed by atoms with Crippen LogP contribution in [0.15, 0.2) is 6.20 Å². The minimum absolute atomic E-state index is 0.491. The lowest BCUT2D eigenvalue weighted by atomic mass is 9.94. The Morgan fingerprint density at radius 1 is 0.176 bits per heavy atom. The predicted molar refractivity (Wildman–Crippen MR) is 440 cm³/mol. The molecule has 43 aliphatic rings. The molecule has 65 atom stereocenters. The highest BCUT2D eigenvalue weighted by atomic mass is 16.8. The lowest BCUT2D eigenvalue weighted by Crippen LogP contribution is -2.68. The van der Waals surface area contributed by atoms with Gasteiger partial charge in [0.2, 0.25) is 0 Å². The van der Waals surface area contributed by atoms with Crippen LogP contribution in [0.25, 0.3) is 0 Å². The van der Waals surface area contributed by atoms with Crippen molar-refractivity contribution in [2.24, 2.45) is 0 Å². The van der Waals surface area contributed by atoms with Gasteiger partial charge in [0.25, 0.3) is 0 Å². The van der Waals surface area contributed by atoms with Crippen molar-refractivity contribution in [2.75, 3.05) is 85.9 Å². The van der Waals surface area contributed by atoms with Crippen LogP contribution in [-0.4, -0.2) is 683 Å². The van der Waals surface area contributed by atoms with Crippen LogP contribution in [0.5, 0.6) is 0 Å². The molecule has 44 heterocycles. The molecule has 0 aromatic carbocycles. The molecule has 148 heavy (non-hydrogen) atoms. The quantitative estimate of drug-likeness (QED) is 0.0689. The second kappa shape index (κ2) is 50.0. The van der Waals surface area contributed by atoms with Crippen LogP contribution < -0.4 is 0 Å². The van der Waals surface area contributed by atoms with E-state index in [0.29, 0.717) is 4.68 Å². The van der Waals surface area contributed by atoms with Crippen LogP contribution in [0.4, 0.5) is 0 Å². The average Bonchev–Trinajstić information content (AvgIpc) is 1.22. The molecule has 1 aromatic rings. The predicted octanol–water partition coefficient (Wildman–Crippen LogP) is -27.3. The van der Waals surface area contributed by atoms with E-state index in [1.807, 2.05) is 0 Å². The van der Waals surface area contributed by atoms with Crippen LogP contribution in [0.1, 0.15) is 11.7 Å². The van der Waals surface area contributed by atoms with Gasteiger partial charge in [-0.25, -0.2) is 4.68 Å². The van der Waals surface area contributed by atoms with Crippen LogP contribution in [-0.2, 0) is 135 Å². The van der Waals surface area contributed by atoms with Crippen LogP contribution in [0, 0.1) is 0 Å². The third-order valence-corrected chi connectivity index (χ3v) is 28.7. The first kappa shape index (κ1) is 117. The van der Waals surface area contributed by atoms with E-state index in [2.05, 4.69) is 10.3 Å². The summed E-state index contributed by atoms with van der Waals surface area (Å²) in [6.07, 6.45) is -140. The molecule has 0 radical (unpaired) electrons. The summed E-state index contributed by atoms with van der Waals surface area (Å²) in [5.41, 5.74) is -0.491. The monoisotopic (exact) mass is 2170 g/mol. The maximum Gasteiger partial charge on any atom is 0.187 e. The zero-order valence-electron chi connectivity index (χ0n) is 77.4. The highest BCUT2D eigenvalue weighted by Gasteiger charge is 2.65. The largest absolute Gasteiger partial charge is 0.394 e. The number of hydrogen-bond donors (Lipinski definition) is 37. The molecule has 37 N–H and O–H groups in total. The molecule has 43 aliphatic heterocycles. The third-order valence-electron chi connectivity index (χ3n) is 28.7. The van der Waals surface area contributed by atoms with E-state index in [4.69, 9.17) is 128 Å². The smallest absolute Gasteiger partial charge is 0.187 e. The van der Waals surface area contributed by atoms with Gasteiger partial charge in [0.1, 0.15) is 323 Å². The van der Waals surface area contributed by atoms with Crippen molar-refractivity contribution in [1.82, 2.24) is 15.0 Å². The van der Waals surface area contributed by atoms with E-state index in [1.165, 1.54) is 0 Å². The van der Waals surface area contributed by atoms with Gasteiger partial charge in [0.15, 0.2) is 81.8 Å². The number of aliphatic hydroxyl groups is 37. The molecular weight excluding hydrogens is 2040 g/mol. The second-order valence-corrected chi connectivity index (χ2v) is 38.0. The van der Waals surface area contributed by atoms with Crippen molar-refractivity contribution in [3.63, 3.8) is 0 Å². The highest BCUT2D eigenvalue weighted by Crippen LogP contribution is 2.46. The Morgan fingerprint density at radius 2 is 0.318 bits per heavy atom. The average molecular weight is 2170 g/mol. The maximum absolute atomic E-state index is 12.9. The first-order chi connectivity index (χ1) is 70.7. The van der Waals surface area contributed by atoms with Gasteiger partial charge in [-0.15, -0.1) is 5.10 Å². The zero-order chi connectivity index (χ0) is 107. The van der Waals surface area contributed by atoms with Gasteiger partial charge in [-0.2, -0.15) is 0 Å². The summed E-state index contributed by atoms with van der Waals surface area (Å²) >= 11 is 0. The van der Waals surface area contributed by atoms with Gasteiger partial charge >= 0.3 is 0 Å². The molecule has 0 unspecified atom stereocenters. The van der Waals surface area contributed by atoms with Gasteiger partial charge in [-0.1, -0.05) is 5.21 Å². The van der Waals surface area contributed by atoms with Crippen molar-refractivity contribution in [3.8, 4) is 0 Å². The summed E-state index contributed by atoms with van der Waals surface area (Å²) in [5.74, 6) is 0. The molecule has 26 bridgehead atoms. The fraction of sp³-hybridized carbons (Fsp3) is 0.975. The number of aliphatic hydroxyl groups excluding tert-OH is 37. The zero-order valence-corrected chi connectivity index (χ0v) is 77.4. The molecule has 0 spiro atoms. The second-order valence-electron chi connectivity index (χ2n) is 38.0. The molecule has 44 rings (SSSR count). The first-order valence-corrected chi connectivity index (χ1v) is 47.5. The Balaban J connectivity index is 0.709. The number of hydrogen-bond acceptors (Lipinski definition) is 66. The van der Waals surface area contributed by atoms with Crippen molar-refractivity contribution in [3.05, 3.63) is 11.9 Å². The minimum atomic E-state index is -2.48. The molecule has 43 saturated heterocycles. The minimum Gasteiger partial charge on any atom is -0.394 e. The molecule has 0 amide bonds. The molecule has 1 aromatic heterocycles. The van der Waals surface area contributed by atoms with E-state index in [9.17, 15) is 189 Å².